The first-order valence-corrected chi connectivity index (χ1v) is 12.6. The zero-order valence-corrected chi connectivity index (χ0v) is 21.1. The van der Waals surface area contributed by atoms with Gasteiger partial charge in [-0.3, -0.25) is 9.63 Å². The number of hydrogen-bond acceptors (Lipinski definition) is 8. The average molecular weight is 507 g/mol. The molecule has 1 aliphatic heterocycles. The molecule has 37 heavy (non-hydrogen) atoms. The lowest BCUT2D eigenvalue weighted by Gasteiger charge is -2.26. The Kier molecular flexibility index (Phi) is 8.81. The number of nitrogens with two attached hydrogens (primary N) is 2. The number of fused-ring (bicyclic) bond motifs is 1. The van der Waals surface area contributed by atoms with Gasteiger partial charge >= 0.3 is 6.03 Å². The summed E-state index contributed by atoms with van der Waals surface area (Å²) in [5, 5.41) is 7.02. The standard InChI is InChI=1S/C26H34N8O3/c1-2-9-34(37-10-8-29-26(36)32-21-4-3-5-21)25(35)19-11-18-7-6-17(12-22(18)33-23(28)13-19)20-15-30-24(14-27)31-16-20/h6-7,11-12,15-16,21H,2-5,8-10,13-14,27H2,1H3,(H2,28,33)(H2,29,32,36). The van der Waals surface area contributed by atoms with Gasteiger partial charge in [-0.15, -0.1) is 0 Å². The first-order valence-electron chi connectivity index (χ1n) is 12.6. The highest BCUT2D eigenvalue weighted by molar-refractivity contribution is 6.05. The van der Waals surface area contributed by atoms with Gasteiger partial charge in [-0.05, 0) is 43.4 Å². The van der Waals surface area contributed by atoms with E-state index < -0.39 is 0 Å². The second kappa shape index (κ2) is 12.4. The Morgan fingerprint density at radius 2 is 1.97 bits per heavy atom. The maximum absolute atomic E-state index is 13.4. The van der Waals surface area contributed by atoms with E-state index in [-0.39, 0.29) is 44.1 Å². The summed E-state index contributed by atoms with van der Waals surface area (Å²) in [4.78, 5) is 44.1. The van der Waals surface area contributed by atoms with Crippen LogP contribution in [0.5, 0.6) is 0 Å². The van der Waals surface area contributed by atoms with Gasteiger partial charge in [0, 0.05) is 54.6 Å². The van der Waals surface area contributed by atoms with Gasteiger partial charge in [0.2, 0.25) is 0 Å². The smallest absolute Gasteiger partial charge is 0.315 e. The van der Waals surface area contributed by atoms with Gasteiger partial charge in [-0.2, -0.15) is 0 Å². The summed E-state index contributed by atoms with van der Waals surface area (Å²) in [6.07, 6.45) is 9.34. The van der Waals surface area contributed by atoms with Gasteiger partial charge in [0.25, 0.3) is 5.91 Å². The number of nitrogens with zero attached hydrogens (tertiary/aromatic N) is 4. The third-order valence-corrected chi connectivity index (χ3v) is 6.22. The summed E-state index contributed by atoms with van der Waals surface area (Å²) in [6, 6.07) is 5.77. The van der Waals surface area contributed by atoms with E-state index in [0.717, 1.165) is 36.0 Å². The van der Waals surface area contributed by atoms with Crippen LogP contribution >= 0.6 is 0 Å². The number of hydrogen-bond donors (Lipinski definition) is 4. The van der Waals surface area contributed by atoms with Gasteiger partial charge in [-0.25, -0.2) is 24.8 Å². The van der Waals surface area contributed by atoms with E-state index >= 15 is 0 Å². The van der Waals surface area contributed by atoms with Crippen LogP contribution in [0, 0.1) is 0 Å². The second-order valence-corrected chi connectivity index (χ2v) is 9.08. The molecule has 1 aliphatic carbocycles. The molecule has 2 heterocycles. The Balaban J connectivity index is 1.43. The topological polar surface area (TPSA) is 161 Å². The second-order valence-electron chi connectivity index (χ2n) is 9.08. The molecule has 6 N–H and O–H groups in total. The van der Waals surface area contributed by atoms with E-state index in [1.165, 1.54) is 5.06 Å². The number of amidine groups is 1. The number of carbonyl (C=O) groups is 2. The molecular formula is C26H34N8O3. The molecule has 2 aromatic rings. The molecule has 0 saturated heterocycles. The van der Waals surface area contributed by atoms with Crippen LogP contribution in [0.3, 0.4) is 0 Å². The molecule has 196 valence electrons. The lowest BCUT2D eigenvalue weighted by atomic mass is 9.93. The van der Waals surface area contributed by atoms with Crippen LogP contribution in [-0.4, -0.2) is 58.5 Å². The van der Waals surface area contributed by atoms with E-state index in [1.807, 2.05) is 25.1 Å². The fourth-order valence-corrected chi connectivity index (χ4v) is 4.01. The van der Waals surface area contributed by atoms with Gasteiger partial charge < -0.3 is 22.1 Å². The number of aliphatic imine (C=N–C) groups is 1. The first-order chi connectivity index (χ1) is 18.0. The number of nitrogens with one attached hydrogen (secondary N) is 2. The monoisotopic (exact) mass is 506 g/mol. The first kappa shape index (κ1) is 26.2. The van der Waals surface area contributed by atoms with E-state index in [1.54, 1.807) is 18.5 Å². The van der Waals surface area contributed by atoms with Crippen molar-refractivity contribution in [1.29, 1.82) is 0 Å². The van der Waals surface area contributed by atoms with Crippen LogP contribution < -0.4 is 22.1 Å². The van der Waals surface area contributed by atoms with Crippen molar-refractivity contribution in [2.75, 3.05) is 19.7 Å². The number of amides is 3. The van der Waals surface area contributed by atoms with Gasteiger partial charge in [0.05, 0.1) is 18.8 Å². The molecule has 2 aliphatic rings. The molecule has 0 atom stereocenters. The van der Waals surface area contributed by atoms with Crippen molar-refractivity contribution < 1.29 is 14.4 Å². The molecule has 0 bridgehead atoms. The molecule has 1 fully saturated rings. The Morgan fingerprint density at radius 1 is 1.19 bits per heavy atom. The van der Waals surface area contributed by atoms with Crippen LogP contribution in [0.2, 0.25) is 0 Å². The van der Waals surface area contributed by atoms with Crippen molar-refractivity contribution in [2.45, 2.75) is 51.6 Å². The highest BCUT2D eigenvalue weighted by atomic mass is 16.7. The summed E-state index contributed by atoms with van der Waals surface area (Å²) < 4.78 is 0. The number of urea groups is 1. The molecule has 1 aromatic carbocycles. The molecule has 11 nitrogen and oxygen atoms in total. The highest BCUT2D eigenvalue weighted by Gasteiger charge is 2.23. The fraction of sp³-hybridized carbons (Fsp3) is 0.423. The quantitative estimate of drug-likeness (QED) is 0.284. The number of benzene rings is 1. The lowest BCUT2D eigenvalue weighted by molar-refractivity contribution is -0.181. The normalized spacial score (nSPS) is 15.0. The van der Waals surface area contributed by atoms with Crippen LogP contribution in [0.25, 0.3) is 17.2 Å². The van der Waals surface area contributed by atoms with Crippen LogP contribution in [-0.2, 0) is 16.2 Å². The minimum Gasteiger partial charge on any atom is -0.387 e. The maximum Gasteiger partial charge on any atom is 0.315 e. The number of carbonyl (C=O) groups excluding carboxylic acids is 2. The van der Waals surface area contributed by atoms with E-state index in [9.17, 15) is 9.59 Å². The Morgan fingerprint density at radius 3 is 2.65 bits per heavy atom. The summed E-state index contributed by atoms with van der Waals surface area (Å²) in [5.41, 5.74) is 15.4. The minimum absolute atomic E-state index is 0.172. The van der Waals surface area contributed by atoms with Crippen molar-refractivity contribution in [1.82, 2.24) is 25.7 Å². The number of hydroxylamine groups is 2. The summed E-state index contributed by atoms with van der Waals surface area (Å²) in [7, 11) is 0. The van der Waals surface area contributed by atoms with Gasteiger partial charge in [-0.1, -0.05) is 19.1 Å². The number of rotatable bonds is 10. The molecule has 1 saturated carbocycles. The number of aromatic nitrogens is 2. The third kappa shape index (κ3) is 6.89. The highest BCUT2D eigenvalue weighted by Crippen LogP contribution is 2.31. The maximum atomic E-state index is 13.4. The van der Waals surface area contributed by atoms with Crippen molar-refractivity contribution in [3.8, 4) is 11.1 Å². The molecule has 11 heteroatoms. The van der Waals surface area contributed by atoms with E-state index in [4.69, 9.17) is 16.3 Å². The van der Waals surface area contributed by atoms with Gasteiger partial charge in [0.15, 0.2) is 0 Å². The predicted octanol–water partition coefficient (Wildman–Crippen LogP) is 2.40. The zero-order chi connectivity index (χ0) is 26.2. The Labute approximate surface area is 216 Å². The summed E-state index contributed by atoms with van der Waals surface area (Å²) in [5.74, 6) is 0.621. The molecule has 3 amide bonds. The van der Waals surface area contributed by atoms with Crippen LogP contribution in [0.15, 0.2) is 41.2 Å². The van der Waals surface area contributed by atoms with Crippen LogP contribution in [0.4, 0.5) is 10.5 Å². The predicted molar refractivity (Wildman–Crippen MR) is 141 cm³/mol. The zero-order valence-electron chi connectivity index (χ0n) is 21.1. The average Bonchev–Trinajstić information content (AvgIpc) is 3.05. The SMILES string of the molecule is CCCN(OCCNC(=O)NC1CCC1)C(=O)C1=Cc2ccc(-c3cnc(CN)nc3)cc2N=C(N)C1. The summed E-state index contributed by atoms with van der Waals surface area (Å²) >= 11 is 0. The van der Waals surface area contributed by atoms with E-state index in [2.05, 4.69) is 25.6 Å². The van der Waals surface area contributed by atoms with Gasteiger partial charge in [0.1, 0.15) is 11.7 Å². The minimum atomic E-state index is -0.276. The van der Waals surface area contributed by atoms with Crippen LogP contribution in [0.1, 0.15) is 50.4 Å². The largest absolute Gasteiger partial charge is 0.387 e. The molecule has 0 radical (unpaired) electrons. The van der Waals surface area contributed by atoms with E-state index in [0.29, 0.717) is 35.9 Å². The van der Waals surface area contributed by atoms with Crippen molar-refractivity contribution in [2.24, 2.45) is 16.5 Å². The Hall–Kier alpha value is -3.83. The van der Waals surface area contributed by atoms with Crippen molar-refractivity contribution in [3.63, 3.8) is 0 Å². The molecule has 0 unspecified atom stereocenters. The fourth-order valence-electron chi connectivity index (χ4n) is 4.01. The summed E-state index contributed by atoms with van der Waals surface area (Å²) in [6.45, 7) is 3.11. The lowest BCUT2D eigenvalue weighted by Crippen LogP contribution is -2.46. The molecule has 4 rings (SSSR count). The van der Waals surface area contributed by atoms with Crippen molar-refractivity contribution in [3.05, 3.63) is 47.6 Å². The molecule has 1 aromatic heterocycles. The van der Waals surface area contributed by atoms with Crippen molar-refractivity contribution >= 4 is 29.5 Å². The Bertz CT molecular complexity index is 1170. The molecular weight excluding hydrogens is 472 g/mol. The molecule has 0 spiro atoms. The third-order valence-electron chi connectivity index (χ3n) is 6.22.